The van der Waals surface area contributed by atoms with Crippen LogP contribution in [0.1, 0.15) is 89.9 Å². The van der Waals surface area contributed by atoms with Crippen molar-refractivity contribution >= 4 is 11.0 Å². The normalized spacial score (nSPS) is 44.0. The summed E-state index contributed by atoms with van der Waals surface area (Å²) in [6.07, 6.45) is 11.0. The molecule has 2 aromatic rings. The number of nitrogens with one attached hydrogen (secondary N) is 1. The zero-order chi connectivity index (χ0) is 24.5. The largest absolute Gasteiger partial charge is 0.393 e. The Labute approximate surface area is 211 Å². The first-order valence-electron chi connectivity index (χ1n) is 14.5. The van der Waals surface area contributed by atoms with Gasteiger partial charge in [0.2, 0.25) is 0 Å². The maximum absolute atomic E-state index is 11.8. The van der Waals surface area contributed by atoms with Gasteiger partial charge in [-0.3, -0.25) is 0 Å². The van der Waals surface area contributed by atoms with Crippen LogP contribution in [0.15, 0.2) is 18.2 Å². The molecule has 1 aromatic heterocycles. The third kappa shape index (κ3) is 3.72. The summed E-state index contributed by atoms with van der Waals surface area (Å²) in [5.74, 6) is 4.98. The summed E-state index contributed by atoms with van der Waals surface area (Å²) in [6, 6.07) is 6.44. The smallest absolute Gasteiger partial charge is 0.107 e. The van der Waals surface area contributed by atoms with Crippen LogP contribution in [0.4, 0.5) is 0 Å². The lowest BCUT2D eigenvalue weighted by atomic mass is 9.43. The van der Waals surface area contributed by atoms with Crippen molar-refractivity contribution in [3.05, 3.63) is 29.6 Å². The Balaban J connectivity index is 1.18. The predicted molar refractivity (Wildman–Crippen MR) is 141 cm³/mol. The molecule has 10 atom stereocenters. The van der Waals surface area contributed by atoms with Crippen LogP contribution in [-0.4, -0.2) is 32.4 Å². The van der Waals surface area contributed by atoms with Crippen LogP contribution in [0.3, 0.4) is 0 Å². The van der Waals surface area contributed by atoms with Crippen molar-refractivity contribution in [1.29, 1.82) is 0 Å². The van der Waals surface area contributed by atoms with Crippen molar-refractivity contribution in [3.8, 4) is 0 Å². The van der Waals surface area contributed by atoms with Gasteiger partial charge in [0.15, 0.2) is 0 Å². The lowest BCUT2D eigenvalue weighted by Crippen LogP contribution is -2.58. The van der Waals surface area contributed by atoms with E-state index < -0.39 is 0 Å². The van der Waals surface area contributed by atoms with E-state index in [1.54, 1.807) is 0 Å². The van der Waals surface area contributed by atoms with Crippen LogP contribution in [-0.2, 0) is 6.42 Å². The summed E-state index contributed by atoms with van der Waals surface area (Å²) in [5, 5.41) is 22.1. The SMILES string of the molecule is Cc1ccc2nc(CC[C@H](C)[C@H]3CC[C@H]4[C@@H]5CC[C@@H]6C[C@@H](O)CC[C@]6(C)[C@H]5C[C@H](O)[C@]34C)[nH]c2c1. The number of aromatic nitrogens is 2. The molecule has 0 spiro atoms. The zero-order valence-electron chi connectivity index (χ0n) is 22.3. The number of benzene rings is 1. The summed E-state index contributed by atoms with van der Waals surface area (Å²) >= 11 is 0. The van der Waals surface area contributed by atoms with Gasteiger partial charge in [0.1, 0.15) is 5.82 Å². The molecule has 0 amide bonds. The van der Waals surface area contributed by atoms with Crippen LogP contribution < -0.4 is 0 Å². The number of rotatable bonds is 4. The second-order valence-corrected chi connectivity index (χ2v) is 13.6. The van der Waals surface area contributed by atoms with E-state index in [0.29, 0.717) is 35.0 Å². The molecule has 4 aliphatic carbocycles. The van der Waals surface area contributed by atoms with Crippen molar-refractivity contribution in [2.75, 3.05) is 0 Å². The van der Waals surface area contributed by atoms with Gasteiger partial charge >= 0.3 is 0 Å². The molecule has 4 fully saturated rings. The monoisotopic (exact) mass is 478 g/mol. The van der Waals surface area contributed by atoms with Gasteiger partial charge in [-0.2, -0.15) is 0 Å². The standard InChI is InChI=1S/C31H46N2O2/c1-18-5-11-26-27(15-18)33-29(32-26)12-6-19(2)23-9-10-24-22-8-7-20-16-21(34)13-14-30(20,3)25(22)17-28(35)31(23,24)4/h5,11,15,19-25,28,34-35H,6-10,12-14,16-17H2,1-4H3,(H,32,33)/t19-,20+,21-,22-,23+,24-,25-,28-,30-,31+/m0/s1. The highest BCUT2D eigenvalue weighted by atomic mass is 16.3. The quantitative estimate of drug-likeness (QED) is 0.474. The van der Waals surface area contributed by atoms with Crippen LogP contribution in [0.25, 0.3) is 11.0 Å². The second-order valence-electron chi connectivity index (χ2n) is 13.6. The Hall–Kier alpha value is -1.39. The number of aromatic amines is 1. The molecule has 4 aliphatic rings. The van der Waals surface area contributed by atoms with Crippen molar-refractivity contribution in [2.24, 2.45) is 46.3 Å². The fraction of sp³-hybridized carbons (Fsp3) is 0.774. The van der Waals surface area contributed by atoms with Gasteiger partial charge in [-0.1, -0.05) is 26.8 Å². The molecule has 35 heavy (non-hydrogen) atoms. The molecule has 0 saturated heterocycles. The number of fused-ring (bicyclic) bond motifs is 6. The Morgan fingerprint density at radius 2 is 1.89 bits per heavy atom. The molecule has 0 radical (unpaired) electrons. The molecule has 0 unspecified atom stereocenters. The fourth-order valence-electron chi connectivity index (χ4n) is 10.0. The first-order valence-corrected chi connectivity index (χ1v) is 14.5. The fourth-order valence-corrected chi connectivity index (χ4v) is 10.0. The minimum Gasteiger partial charge on any atom is -0.393 e. The lowest BCUT2D eigenvalue weighted by molar-refractivity contribution is -0.174. The summed E-state index contributed by atoms with van der Waals surface area (Å²) in [5.41, 5.74) is 3.84. The van der Waals surface area contributed by atoms with E-state index in [4.69, 9.17) is 4.98 Å². The van der Waals surface area contributed by atoms with Crippen LogP contribution in [0, 0.1) is 53.3 Å². The van der Waals surface area contributed by atoms with Crippen LogP contribution >= 0.6 is 0 Å². The van der Waals surface area contributed by atoms with Gasteiger partial charge in [-0.05, 0) is 129 Å². The molecule has 6 rings (SSSR count). The Kier molecular flexibility index (Phi) is 5.88. The van der Waals surface area contributed by atoms with Crippen molar-refractivity contribution < 1.29 is 10.2 Å². The number of nitrogens with zero attached hydrogens (tertiary/aromatic N) is 1. The molecule has 4 saturated carbocycles. The number of aliphatic hydroxyl groups excluding tert-OH is 2. The summed E-state index contributed by atoms with van der Waals surface area (Å²) in [7, 11) is 0. The van der Waals surface area contributed by atoms with Crippen LogP contribution in [0.5, 0.6) is 0 Å². The first kappa shape index (κ1) is 24.0. The number of H-pyrrole nitrogens is 1. The van der Waals surface area contributed by atoms with Crippen LogP contribution in [0.2, 0.25) is 0 Å². The topological polar surface area (TPSA) is 69.1 Å². The maximum Gasteiger partial charge on any atom is 0.107 e. The molecule has 1 heterocycles. The molecule has 3 N–H and O–H groups in total. The number of hydrogen-bond donors (Lipinski definition) is 3. The third-order valence-corrected chi connectivity index (χ3v) is 12.0. The molecule has 4 nitrogen and oxygen atoms in total. The van der Waals surface area contributed by atoms with Crippen molar-refractivity contribution in [3.63, 3.8) is 0 Å². The van der Waals surface area contributed by atoms with E-state index in [0.717, 1.165) is 61.3 Å². The highest BCUT2D eigenvalue weighted by molar-refractivity contribution is 5.75. The number of hydrogen-bond acceptors (Lipinski definition) is 3. The molecule has 1 aromatic carbocycles. The van der Waals surface area contributed by atoms with E-state index in [-0.39, 0.29) is 17.6 Å². The summed E-state index contributed by atoms with van der Waals surface area (Å²) < 4.78 is 0. The molecule has 0 bridgehead atoms. The highest BCUT2D eigenvalue weighted by Crippen LogP contribution is 2.68. The Bertz CT molecular complexity index is 1080. The molecule has 4 heteroatoms. The second kappa shape index (κ2) is 8.58. The third-order valence-electron chi connectivity index (χ3n) is 12.0. The van der Waals surface area contributed by atoms with Gasteiger partial charge in [-0.25, -0.2) is 4.98 Å². The first-order chi connectivity index (χ1) is 16.7. The average molecular weight is 479 g/mol. The number of aliphatic hydroxyl groups is 2. The van der Waals surface area contributed by atoms with E-state index in [2.05, 4.69) is 50.9 Å². The maximum atomic E-state index is 11.8. The molecule has 192 valence electrons. The molecular formula is C31H46N2O2. The highest BCUT2D eigenvalue weighted by Gasteiger charge is 2.63. The lowest BCUT2D eigenvalue weighted by Gasteiger charge is -2.62. The number of imidazole rings is 1. The van der Waals surface area contributed by atoms with E-state index in [1.165, 1.54) is 31.2 Å². The molecule has 0 aliphatic heterocycles. The summed E-state index contributed by atoms with van der Waals surface area (Å²) in [4.78, 5) is 8.40. The minimum atomic E-state index is -0.194. The van der Waals surface area contributed by atoms with E-state index in [9.17, 15) is 10.2 Å². The predicted octanol–water partition coefficient (Wildman–Crippen LogP) is 6.43. The van der Waals surface area contributed by atoms with Gasteiger partial charge in [-0.15, -0.1) is 0 Å². The van der Waals surface area contributed by atoms with Gasteiger partial charge in [0, 0.05) is 6.42 Å². The Morgan fingerprint density at radius 1 is 1.06 bits per heavy atom. The van der Waals surface area contributed by atoms with Crippen molar-refractivity contribution in [2.45, 2.75) is 104 Å². The van der Waals surface area contributed by atoms with E-state index in [1.807, 2.05) is 0 Å². The van der Waals surface area contributed by atoms with Crippen molar-refractivity contribution in [1.82, 2.24) is 9.97 Å². The van der Waals surface area contributed by atoms with Gasteiger partial charge in [0.05, 0.1) is 23.2 Å². The Morgan fingerprint density at radius 3 is 2.71 bits per heavy atom. The van der Waals surface area contributed by atoms with E-state index >= 15 is 0 Å². The summed E-state index contributed by atoms with van der Waals surface area (Å²) in [6.45, 7) is 9.53. The van der Waals surface area contributed by atoms with Gasteiger partial charge < -0.3 is 15.2 Å². The zero-order valence-corrected chi connectivity index (χ0v) is 22.3. The number of aryl methyl sites for hydroxylation is 2. The minimum absolute atomic E-state index is 0.0446. The molecular weight excluding hydrogens is 432 g/mol. The van der Waals surface area contributed by atoms with Gasteiger partial charge in [0.25, 0.3) is 0 Å². The average Bonchev–Trinajstić information content (AvgIpc) is 3.40.